The third-order valence-corrected chi connectivity index (χ3v) is 3.23. The third kappa shape index (κ3) is 3.51. The fourth-order valence-electron chi connectivity index (χ4n) is 2.04. The minimum absolute atomic E-state index is 0.0560. The molecular formula is C16H19N3O2. The molecule has 0 amide bonds. The average molecular weight is 285 g/mol. The average Bonchev–Trinajstić information content (AvgIpc) is 2.49. The monoisotopic (exact) mass is 285 g/mol. The smallest absolute Gasteiger partial charge is 0.145 e. The van der Waals surface area contributed by atoms with Crippen LogP contribution in [0.15, 0.2) is 52.7 Å². The Hall–Kier alpha value is -2.56. The lowest BCUT2D eigenvalue weighted by molar-refractivity contribution is 0.474. The standard InChI is InChI=1S/C16H19N3O2/c1-3-19(4-2)12-9-10-14(16(21)11-12)18-17-13-7-5-6-8-15(13)20/h5-11,20-21H,3-4H2,1-2H3. The number of benzene rings is 2. The minimum Gasteiger partial charge on any atom is -0.506 e. The molecule has 110 valence electrons. The van der Waals surface area contributed by atoms with Crippen molar-refractivity contribution >= 4 is 17.1 Å². The summed E-state index contributed by atoms with van der Waals surface area (Å²) in [5.74, 6) is 0.124. The SMILES string of the molecule is CCN(CC)c1ccc(N=Nc2ccccc2O)c(O)c1. The molecule has 2 rings (SSSR count). The molecule has 0 heterocycles. The predicted octanol–water partition coefficient (Wildman–Crippen LogP) is 4.36. The van der Waals surface area contributed by atoms with Crippen molar-refractivity contribution in [3.8, 4) is 11.5 Å². The van der Waals surface area contributed by atoms with E-state index in [9.17, 15) is 10.2 Å². The van der Waals surface area contributed by atoms with Gasteiger partial charge in [0.05, 0.1) is 0 Å². The Balaban J connectivity index is 2.24. The molecule has 0 aliphatic carbocycles. The number of para-hydroxylation sites is 1. The van der Waals surface area contributed by atoms with Gasteiger partial charge in [-0.15, -0.1) is 10.2 Å². The number of azo groups is 1. The summed E-state index contributed by atoms with van der Waals surface area (Å²) in [6.45, 7) is 5.86. The minimum atomic E-state index is 0.0560. The van der Waals surface area contributed by atoms with E-state index in [1.54, 1.807) is 30.3 Å². The maximum absolute atomic E-state index is 10.0. The summed E-state index contributed by atoms with van der Waals surface area (Å²) in [5, 5.41) is 27.6. The number of aromatic hydroxyl groups is 2. The van der Waals surface area contributed by atoms with Gasteiger partial charge in [0, 0.05) is 24.8 Å². The van der Waals surface area contributed by atoms with Gasteiger partial charge >= 0.3 is 0 Å². The molecule has 5 nitrogen and oxygen atoms in total. The van der Waals surface area contributed by atoms with Gasteiger partial charge in [-0.1, -0.05) is 12.1 Å². The summed E-state index contributed by atoms with van der Waals surface area (Å²) in [5.41, 5.74) is 1.68. The number of hydrogen-bond acceptors (Lipinski definition) is 5. The van der Waals surface area contributed by atoms with Gasteiger partial charge in [0.15, 0.2) is 0 Å². The summed E-state index contributed by atoms with van der Waals surface area (Å²) >= 11 is 0. The molecule has 0 aliphatic heterocycles. The zero-order valence-electron chi connectivity index (χ0n) is 12.2. The molecule has 5 heteroatoms. The van der Waals surface area contributed by atoms with Crippen molar-refractivity contribution in [3.05, 3.63) is 42.5 Å². The molecule has 0 saturated carbocycles. The summed E-state index contributed by atoms with van der Waals surface area (Å²) in [7, 11) is 0. The molecule has 0 atom stereocenters. The largest absolute Gasteiger partial charge is 0.506 e. The van der Waals surface area contributed by atoms with Crippen LogP contribution < -0.4 is 4.90 Å². The molecule has 0 fully saturated rings. The van der Waals surface area contributed by atoms with Crippen LogP contribution in [-0.2, 0) is 0 Å². The van der Waals surface area contributed by atoms with Crippen LogP contribution in [0.2, 0.25) is 0 Å². The lowest BCUT2D eigenvalue weighted by Crippen LogP contribution is -2.21. The fourth-order valence-corrected chi connectivity index (χ4v) is 2.04. The van der Waals surface area contributed by atoms with Gasteiger partial charge in [-0.2, -0.15) is 0 Å². The molecule has 0 saturated heterocycles. The van der Waals surface area contributed by atoms with Gasteiger partial charge in [0.2, 0.25) is 0 Å². The van der Waals surface area contributed by atoms with Gasteiger partial charge in [0.1, 0.15) is 22.9 Å². The van der Waals surface area contributed by atoms with Gasteiger partial charge in [-0.3, -0.25) is 0 Å². The van der Waals surface area contributed by atoms with Crippen LogP contribution in [0.5, 0.6) is 11.5 Å². The Labute approximate surface area is 124 Å². The summed E-state index contributed by atoms with van der Waals surface area (Å²) in [4.78, 5) is 2.13. The van der Waals surface area contributed by atoms with Crippen molar-refractivity contribution in [1.82, 2.24) is 0 Å². The Morgan fingerprint density at radius 1 is 0.857 bits per heavy atom. The Morgan fingerprint density at radius 2 is 1.48 bits per heavy atom. The highest BCUT2D eigenvalue weighted by Crippen LogP contribution is 2.33. The molecule has 0 spiro atoms. The first-order chi connectivity index (χ1) is 10.2. The maximum Gasteiger partial charge on any atom is 0.145 e. The summed E-state index contributed by atoms with van der Waals surface area (Å²) in [6.07, 6.45) is 0. The quantitative estimate of drug-likeness (QED) is 0.802. The van der Waals surface area contributed by atoms with Crippen molar-refractivity contribution < 1.29 is 10.2 Å². The van der Waals surface area contributed by atoms with Crippen molar-refractivity contribution in [3.63, 3.8) is 0 Å². The second-order valence-corrected chi connectivity index (χ2v) is 4.53. The zero-order chi connectivity index (χ0) is 15.2. The Kier molecular flexibility index (Phi) is 4.77. The highest BCUT2D eigenvalue weighted by molar-refractivity contribution is 5.61. The molecule has 0 bridgehead atoms. The van der Waals surface area contributed by atoms with Crippen LogP contribution in [0.1, 0.15) is 13.8 Å². The van der Waals surface area contributed by atoms with Gasteiger partial charge in [0.25, 0.3) is 0 Å². The number of anilines is 1. The van der Waals surface area contributed by atoms with Crippen molar-refractivity contribution in [2.75, 3.05) is 18.0 Å². The van der Waals surface area contributed by atoms with Crippen LogP contribution in [0.25, 0.3) is 0 Å². The van der Waals surface area contributed by atoms with Crippen LogP contribution in [0.4, 0.5) is 17.1 Å². The third-order valence-electron chi connectivity index (χ3n) is 3.23. The Morgan fingerprint density at radius 3 is 2.05 bits per heavy atom. The lowest BCUT2D eigenvalue weighted by Gasteiger charge is -2.21. The fraction of sp³-hybridized carbons (Fsp3) is 0.250. The Bertz CT molecular complexity index is 637. The van der Waals surface area contributed by atoms with E-state index in [0.717, 1.165) is 18.8 Å². The molecule has 0 radical (unpaired) electrons. The van der Waals surface area contributed by atoms with Crippen LogP contribution in [0.3, 0.4) is 0 Å². The number of hydrogen-bond donors (Lipinski definition) is 2. The first kappa shape index (κ1) is 14.8. The molecule has 2 N–H and O–H groups in total. The highest BCUT2D eigenvalue weighted by atomic mass is 16.3. The van der Waals surface area contributed by atoms with E-state index < -0.39 is 0 Å². The van der Waals surface area contributed by atoms with E-state index in [2.05, 4.69) is 29.0 Å². The molecule has 0 unspecified atom stereocenters. The first-order valence-electron chi connectivity index (χ1n) is 6.93. The number of phenols is 2. The lowest BCUT2D eigenvalue weighted by atomic mass is 10.2. The van der Waals surface area contributed by atoms with Crippen LogP contribution in [-0.4, -0.2) is 23.3 Å². The number of nitrogens with zero attached hydrogens (tertiary/aromatic N) is 3. The highest BCUT2D eigenvalue weighted by Gasteiger charge is 2.06. The number of rotatable bonds is 5. The van der Waals surface area contributed by atoms with E-state index in [4.69, 9.17) is 0 Å². The van der Waals surface area contributed by atoms with Gasteiger partial charge < -0.3 is 15.1 Å². The summed E-state index contributed by atoms with van der Waals surface area (Å²) in [6, 6.07) is 11.9. The van der Waals surface area contributed by atoms with Gasteiger partial charge in [-0.05, 0) is 38.1 Å². The molecule has 2 aromatic carbocycles. The number of phenolic OH excluding ortho intramolecular Hbond substituents is 2. The van der Waals surface area contributed by atoms with E-state index in [-0.39, 0.29) is 11.5 Å². The summed E-state index contributed by atoms with van der Waals surface area (Å²) < 4.78 is 0. The second-order valence-electron chi connectivity index (χ2n) is 4.53. The molecular weight excluding hydrogens is 266 g/mol. The molecule has 21 heavy (non-hydrogen) atoms. The van der Waals surface area contributed by atoms with E-state index in [0.29, 0.717) is 11.4 Å². The predicted molar refractivity (Wildman–Crippen MR) is 84.0 cm³/mol. The van der Waals surface area contributed by atoms with Crippen LogP contribution in [0, 0.1) is 0 Å². The van der Waals surface area contributed by atoms with E-state index >= 15 is 0 Å². The first-order valence-corrected chi connectivity index (χ1v) is 6.93. The van der Waals surface area contributed by atoms with E-state index in [1.165, 1.54) is 6.07 Å². The molecule has 0 aromatic heterocycles. The second kappa shape index (κ2) is 6.74. The van der Waals surface area contributed by atoms with Crippen LogP contribution >= 0.6 is 0 Å². The zero-order valence-corrected chi connectivity index (χ0v) is 12.2. The maximum atomic E-state index is 10.0. The molecule has 0 aliphatic rings. The van der Waals surface area contributed by atoms with Crippen molar-refractivity contribution in [1.29, 1.82) is 0 Å². The van der Waals surface area contributed by atoms with Crippen molar-refractivity contribution in [2.24, 2.45) is 10.2 Å². The van der Waals surface area contributed by atoms with E-state index in [1.807, 2.05) is 6.07 Å². The van der Waals surface area contributed by atoms with Crippen molar-refractivity contribution in [2.45, 2.75) is 13.8 Å². The normalized spacial score (nSPS) is 11.0. The van der Waals surface area contributed by atoms with Gasteiger partial charge in [-0.25, -0.2) is 0 Å². The molecule has 2 aromatic rings. The topological polar surface area (TPSA) is 68.4 Å².